The van der Waals surface area contributed by atoms with E-state index in [0.717, 1.165) is 0 Å². The molecule has 0 aliphatic carbocycles. The van der Waals surface area contributed by atoms with Crippen LogP contribution in [0.3, 0.4) is 0 Å². The Morgan fingerprint density at radius 1 is 1.18 bits per heavy atom. The zero-order valence-corrected chi connectivity index (χ0v) is 8.54. The van der Waals surface area contributed by atoms with Crippen molar-refractivity contribution < 1.29 is 0 Å². The van der Waals surface area contributed by atoms with Crippen LogP contribution < -0.4 is 5.32 Å². The molecule has 1 rings (SSSR count). The van der Waals surface area contributed by atoms with Gasteiger partial charge in [-0.05, 0) is 18.3 Å². The monoisotopic (exact) mass is 157 g/mol. The second-order valence-electron chi connectivity index (χ2n) is 3.21. The third-order valence-electron chi connectivity index (χ3n) is 2.53. The molecule has 1 heterocycles. The van der Waals surface area contributed by atoms with Crippen LogP contribution in [0.25, 0.3) is 0 Å². The lowest BCUT2D eigenvalue weighted by Crippen LogP contribution is -2.52. The van der Waals surface area contributed by atoms with Gasteiger partial charge in [-0.2, -0.15) is 0 Å². The lowest BCUT2D eigenvalue weighted by atomic mass is 9.76. The van der Waals surface area contributed by atoms with Crippen LogP contribution >= 0.6 is 0 Å². The zero-order chi connectivity index (χ0) is 8.74. The van der Waals surface area contributed by atoms with Gasteiger partial charge in [0.25, 0.3) is 0 Å². The van der Waals surface area contributed by atoms with E-state index in [1.807, 2.05) is 13.8 Å². The van der Waals surface area contributed by atoms with Crippen molar-refractivity contribution >= 4 is 0 Å². The Hall–Kier alpha value is -0.0400. The van der Waals surface area contributed by atoms with E-state index in [4.69, 9.17) is 0 Å². The van der Waals surface area contributed by atoms with Crippen LogP contribution in [0.15, 0.2) is 0 Å². The third-order valence-corrected chi connectivity index (χ3v) is 2.53. The molecule has 0 aromatic rings. The van der Waals surface area contributed by atoms with E-state index in [-0.39, 0.29) is 0 Å². The first kappa shape index (κ1) is 11.0. The second kappa shape index (κ2) is 5.59. The maximum atomic E-state index is 3.34. The number of rotatable bonds is 3. The summed E-state index contributed by atoms with van der Waals surface area (Å²) in [6.45, 7) is 11.1. The van der Waals surface area contributed by atoms with Gasteiger partial charge in [0.2, 0.25) is 0 Å². The quantitative estimate of drug-likeness (QED) is 0.664. The van der Waals surface area contributed by atoms with Gasteiger partial charge in [0.05, 0.1) is 0 Å². The van der Waals surface area contributed by atoms with Crippen molar-refractivity contribution in [1.82, 2.24) is 5.32 Å². The Kier molecular flexibility index (Phi) is 5.57. The van der Waals surface area contributed by atoms with Crippen LogP contribution in [0.2, 0.25) is 0 Å². The van der Waals surface area contributed by atoms with Crippen molar-refractivity contribution in [3.63, 3.8) is 0 Å². The maximum absolute atomic E-state index is 3.34. The van der Waals surface area contributed by atoms with Crippen molar-refractivity contribution in [2.75, 3.05) is 13.1 Å². The molecule has 0 bridgehead atoms. The molecule has 1 aliphatic heterocycles. The number of nitrogens with one attached hydrogen (secondary N) is 1. The third kappa shape index (κ3) is 2.82. The minimum absolute atomic E-state index is 0.703. The average molecular weight is 157 g/mol. The molecule has 0 atom stereocenters. The smallest absolute Gasteiger partial charge is 0.00201 e. The van der Waals surface area contributed by atoms with Gasteiger partial charge in [-0.1, -0.05) is 34.1 Å². The molecule has 1 nitrogen and oxygen atoms in total. The highest BCUT2D eigenvalue weighted by Crippen LogP contribution is 2.31. The number of hydrogen-bond acceptors (Lipinski definition) is 1. The first-order valence-electron chi connectivity index (χ1n) is 5.04. The van der Waals surface area contributed by atoms with E-state index in [1.165, 1.54) is 32.4 Å². The molecule has 0 aromatic heterocycles. The van der Waals surface area contributed by atoms with Gasteiger partial charge in [-0.3, -0.25) is 0 Å². The Morgan fingerprint density at radius 3 is 1.82 bits per heavy atom. The Bertz CT molecular complexity index is 79.4. The molecule has 0 spiro atoms. The topological polar surface area (TPSA) is 12.0 Å². The van der Waals surface area contributed by atoms with Gasteiger partial charge in [-0.15, -0.1) is 0 Å². The van der Waals surface area contributed by atoms with Crippen LogP contribution in [0.4, 0.5) is 0 Å². The Morgan fingerprint density at radius 2 is 1.73 bits per heavy atom. The van der Waals surface area contributed by atoms with E-state index in [0.29, 0.717) is 5.41 Å². The Labute approximate surface area is 71.6 Å². The highest BCUT2D eigenvalue weighted by Gasteiger charge is 2.33. The molecule has 1 N–H and O–H groups in total. The van der Waals surface area contributed by atoms with Crippen LogP contribution in [0.5, 0.6) is 0 Å². The van der Waals surface area contributed by atoms with Crippen LogP contribution in [0, 0.1) is 5.41 Å². The SMILES string of the molecule is CC.CCCC1(CC)CNC1. The summed E-state index contributed by atoms with van der Waals surface area (Å²) in [5, 5.41) is 3.34. The zero-order valence-electron chi connectivity index (χ0n) is 8.54. The predicted octanol–water partition coefficient (Wildman–Crippen LogP) is 2.81. The summed E-state index contributed by atoms with van der Waals surface area (Å²) in [5.41, 5.74) is 0.703. The molecule has 1 saturated heterocycles. The molecular weight excluding hydrogens is 134 g/mol. The van der Waals surface area contributed by atoms with Crippen molar-refractivity contribution in [1.29, 1.82) is 0 Å². The summed E-state index contributed by atoms with van der Waals surface area (Å²) in [7, 11) is 0. The van der Waals surface area contributed by atoms with Crippen molar-refractivity contribution in [3.05, 3.63) is 0 Å². The summed E-state index contributed by atoms with van der Waals surface area (Å²) in [6.07, 6.45) is 4.11. The molecule has 0 aromatic carbocycles. The molecule has 68 valence electrons. The molecule has 0 saturated carbocycles. The Balaban J connectivity index is 0.000000461. The van der Waals surface area contributed by atoms with Gasteiger partial charge in [0, 0.05) is 13.1 Å². The fourth-order valence-corrected chi connectivity index (χ4v) is 1.61. The van der Waals surface area contributed by atoms with Crippen molar-refractivity contribution in [2.24, 2.45) is 5.41 Å². The lowest BCUT2D eigenvalue weighted by Gasteiger charge is -2.42. The predicted molar refractivity (Wildman–Crippen MR) is 51.8 cm³/mol. The van der Waals surface area contributed by atoms with Crippen molar-refractivity contribution in [3.8, 4) is 0 Å². The van der Waals surface area contributed by atoms with Gasteiger partial charge in [-0.25, -0.2) is 0 Å². The maximum Gasteiger partial charge on any atom is 0.00201 e. The molecule has 1 aliphatic rings. The molecule has 1 heteroatoms. The van der Waals surface area contributed by atoms with Crippen LogP contribution in [0.1, 0.15) is 47.0 Å². The van der Waals surface area contributed by atoms with E-state index >= 15 is 0 Å². The number of hydrogen-bond donors (Lipinski definition) is 1. The highest BCUT2D eigenvalue weighted by molar-refractivity contribution is 4.90. The fourth-order valence-electron chi connectivity index (χ4n) is 1.61. The normalized spacial score (nSPS) is 19.6. The minimum Gasteiger partial charge on any atom is -0.316 e. The molecule has 0 radical (unpaired) electrons. The van der Waals surface area contributed by atoms with Crippen molar-refractivity contribution in [2.45, 2.75) is 47.0 Å². The minimum atomic E-state index is 0.703. The van der Waals surface area contributed by atoms with Crippen LogP contribution in [-0.4, -0.2) is 13.1 Å². The van der Waals surface area contributed by atoms with E-state index < -0.39 is 0 Å². The van der Waals surface area contributed by atoms with Gasteiger partial charge in [0.1, 0.15) is 0 Å². The fraction of sp³-hybridized carbons (Fsp3) is 1.00. The lowest BCUT2D eigenvalue weighted by molar-refractivity contribution is 0.144. The van der Waals surface area contributed by atoms with Crippen LogP contribution in [-0.2, 0) is 0 Å². The van der Waals surface area contributed by atoms with E-state index in [1.54, 1.807) is 0 Å². The summed E-state index contributed by atoms with van der Waals surface area (Å²) >= 11 is 0. The molecular formula is C10H23N. The summed E-state index contributed by atoms with van der Waals surface area (Å²) < 4.78 is 0. The summed E-state index contributed by atoms with van der Waals surface area (Å²) in [6, 6.07) is 0. The van der Waals surface area contributed by atoms with Gasteiger partial charge < -0.3 is 5.32 Å². The summed E-state index contributed by atoms with van der Waals surface area (Å²) in [4.78, 5) is 0. The molecule has 0 unspecified atom stereocenters. The summed E-state index contributed by atoms with van der Waals surface area (Å²) in [5.74, 6) is 0. The molecule has 1 fully saturated rings. The second-order valence-corrected chi connectivity index (χ2v) is 3.21. The van der Waals surface area contributed by atoms with Gasteiger partial charge >= 0.3 is 0 Å². The van der Waals surface area contributed by atoms with Gasteiger partial charge in [0.15, 0.2) is 0 Å². The van der Waals surface area contributed by atoms with E-state index in [2.05, 4.69) is 19.2 Å². The largest absolute Gasteiger partial charge is 0.316 e. The molecule has 0 amide bonds. The first-order valence-corrected chi connectivity index (χ1v) is 5.04. The average Bonchev–Trinajstić information content (AvgIpc) is 2.01. The molecule has 11 heavy (non-hydrogen) atoms. The first-order chi connectivity index (χ1) is 5.33. The highest BCUT2D eigenvalue weighted by atomic mass is 15.0. The van der Waals surface area contributed by atoms with E-state index in [9.17, 15) is 0 Å². The standard InChI is InChI=1S/C8H17N.C2H6/c1-3-5-8(4-2)6-9-7-8;1-2/h9H,3-7H2,1-2H3;1-2H3.